The Morgan fingerprint density at radius 2 is 1.52 bits per heavy atom. The first-order valence-corrected chi connectivity index (χ1v) is 13.7. The standard InChI is InChI=1S/C32H34N2O6/c1-21(39-19-22-9-3-2-4-10-22)30(31(37)34(23-15-16-23)18-17-29(35)36)33-32(38)40-20-28-26-13-7-5-11-24(26)25-12-6-8-14-27(25)28/h2-14,21,23,28,30H,15-20H2,1H3,(H,33,38)(H,35,36). The summed E-state index contributed by atoms with van der Waals surface area (Å²) in [5.74, 6) is -1.46. The molecule has 0 radical (unpaired) electrons. The molecule has 1 saturated carbocycles. The minimum atomic E-state index is -1.03. The Morgan fingerprint density at radius 1 is 0.925 bits per heavy atom. The predicted molar refractivity (Wildman–Crippen MR) is 150 cm³/mol. The van der Waals surface area contributed by atoms with Crippen LogP contribution in [-0.2, 0) is 25.7 Å². The number of carboxylic acid groups (broad SMARTS) is 1. The Balaban J connectivity index is 1.29. The number of carbonyl (C=O) groups is 3. The highest BCUT2D eigenvalue weighted by molar-refractivity contribution is 5.87. The lowest BCUT2D eigenvalue weighted by Gasteiger charge is -2.31. The molecule has 3 aromatic carbocycles. The summed E-state index contributed by atoms with van der Waals surface area (Å²) in [6, 6.07) is 24.7. The van der Waals surface area contributed by atoms with E-state index in [0.717, 1.165) is 40.7 Å². The number of hydrogen-bond donors (Lipinski definition) is 2. The summed E-state index contributed by atoms with van der Waals surface area (Å²) in [4.78, 5) is 39.6. The van der Waals surface area contributed by atoms with Crippen LogP contribution in [0.5, 0.6) is 0 Å². The summed E-state index contributed by atoms with van der Waals surface area (Å²) in [6.45, 7) is 2.19. The van der Waals surface area contributed by atoms with Gasteiger partial charge in [-0.1, -0.05) is 78.9 Å². The van der Waals surface area contributed by atoms with E-state index in [1.807, 2.05) is 66.7 Å². The van der Waals surface area contributed by atoms with E-state index in [0.29, 0.717) is 0 Å². The Hall–Kier alpha value is -4.17. The molecule has 0 aromatic heterocycles. The van der Waals surface area contributed by atoms with Crippen molar-refractivity contribution in [2.24, 2.45) is 0 Å². The van der Waals surface area contributed by atoms with E-state index in [-0.39, 0.29) is 44.0 Å². The fraction of sp³-hybridized carbons (Fsp3) is 0.344. The second-order valence-corrected chi connectivity index (χ2v) is 10.4. The van der Waals surface area contributed by atoms with Gasteiger partial charge in [0.15, 0.2) is 0 Å². The Kier molecular flexibility index (Phi) is 8.45. The van der Waals surface area contributed by atoms with Crippen molar-refractivity contribution in [3.63, 3.8) is 0 Å². The lowest BCUT2D eigenvalue weighted by atomic mass is 9.98. The molecule has 0 spiro atoms. The van der Waals surface area contributed by atoms with Gasteiger partial charge in [-0.05, 0) is 47.6 Å². The highest BCUT2D eigenvalue weighted by Crippen LogP contribution is 2.44. The SMILES string of the molecule is CC(OCc1ccccc1)C(NC(=O)OCC1c2ccccc2-c2ccccc21)C(=O)N(CCC(=O)O)C1CC1. The number of rotatable bonds is 12. The molecular formula is C32H34N2O6. The summed E-state index contributed by atoms with van der Waals surface area (Å²) in [5.41, 5.74) is 5.38. The van der Waals surface area contributed by atoms with Crippen LogP contribution in [0.3, 0.4) is 0 Å². The molecular weight excluding hydrogens is 508 g/mol. The van der Waals surface area contributed by atoms with Crippen molar-refractivity contribution >= 4 is 18.0 Å². The van der Waals surface area contributed by atoms with Gasteiger partial charge < -0.3 is 24.8 Å². The summed E-state index contributed by atoms with van der Waals surface area (Å²) in [6.07, 6.45) is 0.0487. The van der Waals surface area contributed by atoms with E-state index in [9.17, 15) is 19.5 Å². The molecule has 5 rings (SSSR count). The fourth-order valence-corrected chi connectivity index (χ4v) is 5.30. The number of alkyl carbamates (subject to hydrolysis) is 1. The van der Waals surface area contributed by atoms with Crippen LogP contribution in [0.4, 0.5) is 4.79 Å². The summed E-state index contributed by atoms with van der Waals surface area (Å²) < 4.78 is 11.7. The van der Waals surface area contributed by atoms with Crippen molar-refractivity contribution in [3.8, 4) is 11.1 Å². The first-order chi connectivity index (χ1) is 19.4. The van der Waals surface area contributed by atoms with Crippen LogP contribution in [0.2, 0.25) is 0 Å². The number of ether oxygens (including phenoxy) is 2. The Bertz CT molecular complexity index is 1310. The normalized spacial score (nSPS) is 15.4. The number of hydrogen-bond acceptors (Lipinski definition) is 5. The lowest BCUT2D eigenvalue weighted by molar-refractivity contribution is -0.141. The number of benzene rings is 3. The molecule has 0 saturated heterocycles. The third-order valence-corrected chi connectivity index (χ3v) is 7.55. The van der Waals surface area contributed by atoms with Crippen molar-refractivity contribution in [2.45, 2.75) is 56.9 Å². The summed E-state index contributed by atoms with van der Waals surface area (Å²) >= 11 is 0. The maximum Gasteiger partial charge on any atom is 0.407 e. The summed E-state index contributed by atoms with van der Waals surface area (Å²) in [7, 11) is 0. The molecule has 1 fully saturated rings. The molecule has 0 heterocycles. The number of amides is 2. The van der Waals surface area contributed by atoms with Crippen molar-refractivity contribution in [1.82, 2.24) is 10.2 Å². The van der Waals surface area contributed by atoms with Crippen LogP contribution in [-0.4, -0.2) is 59.3 Å². The molecule has 0 bridgehead atoms. The predicted octanol–water partition coefficient (Wildman–Crippen LogP) is 4.96. The number of nitrogens with zero attached hydrogens (tertiary/aromatic N) is 1. The van der Waals surface area contributed by atoms with Gasteiger partial charge in [0.1, 0.15) is 12.6 Å². The Morgan fingerprint density at radius 3 is 2.12 bits per heavy atom. The highest BCUT2D eigenvalue weighted by Gasteiger charge is 2.39. The van der Waals surface area contributed by atoms with Crippen LogP contribution in [0.25, 0.3) is 11.1 Å². The number of carbonyl (C=O) groups excluding carboxylic acids is 2. The molecule has 0 aliphatic heterocycles. The number of aliphatic carboxylic acids is 1. The second kappa shape index (κ2) is 12.3. The molecule has 40 heavy (non-hydrogen) atoms. The van der Waals surface area contributed by atoms with E-state index in [2.05, 4.69) is 17.4 Å². The quantitative estimate of drug-likeness (QED) is 0.335. The molecule has 208 valence electrons. The monoisotopic (exact) mass is 542 g/mol. The maximum absolute atomic E-state index is 13.7. The smallest absolute Gasteiger partial charge is 0.407 e. The number of nitrogens with one attached hydrogen (secondary N) is 1. The first kappa shape index (κ1) is 27.4. The zero-order chi connectivity index (χ0) is 28.1. The Labute approximate surface area is 233 Å². The number of carboxylic acids is 1. The molecule has 8 heteroatoms. The summed E-state index contributed by atoms with van der Waals surface area (Å²) in [5, 5.41) is 12.0. The van der Waals surface area contributed by atoms with Gasteiger partial charge in [0.2, 0.25) is 5.91 Å². The highest BCUT2D eigenvalue weighted by atomic mass is 16.5. The van der Waals surface area contributed by atoms with Crippen LogP contribution >= 0.6 is 0 Å². The number of fused-ring (bicyclic) bond motifs is 3. The molecule has 3 aromatic rings. The van der Waals surface area contributed by atoms with Crippen LogP contribution in [0, 0.1) is 0 Å². The van der Waals surface area contributed by atoms with E-state index in [1.54, 1.807) is 11.8 Å². The molecule has 2 N–H and O–H groups in total. The average Bonchev–Trinajstić information content (AvgIpc) is 3.76. The van der Waals surface area contributed by atoms with Crippen molar-refractivity contribution in [1.29, 1.82) is 0 Å². The van der Waals surface area contributed by atoms with Crippen molar-refractivity contribution < 1.29 is 29.0 Å². The van der Waals surface area contributed by atoms with Gasteiger partial charge in [-0.15, -0.1) is 0 Å². The van der Waals surface area contributed by atoms with Crippen LogP contribution in [0.15, 0.2) is 78.9 Å². The first-order valence-electron chi connectivity index (χ1n) is 13.7. The zero-order valence-electron chi connectivity index (χ0n) is 22.5. The van der Waals surface area contributed by atoms with Gasteiger partial charge in [-0.2, -0.15) is 0 Å². The zero-order valence-corrected chi connectivity index (χ0v) is 22.5. The topological polar surface area (TPSA) is 105 Å². The fourth-order valence-electron chi connectivity index (χ4n) is 5.30. The molecule has 2 aliphatic carbocycles. The molecule has 8 nitrogen and oxygen atoms in total. The maximum atomic E-state index is 13.7. The molecule has 2 amide bonds. The van der Waals surface area contributed by atoms with Gasteiger partial charge >= 0.3 is 12.1 Å². The molecule has 2 atom stereocenters. The van der Waals surface area contributed by atoms with E-state index < -0.39 is 24.2 Å². The van der Waals surface area contributed by atoms with E-state index in [1.165, 1.54) is 0 Å². The average molecular weight is 543 g/mol. The van der Waals surface area contributed by atoms with Gasteiger partial charge in [-0.3, -0.25) is 9.59 Å². The third kappa shape index (κ3) is 6.34. The van der Waals surface area contributed by atoms with Gasteiger partial charge in [0.05, 0.1) is 19.1 Å². The van der Waals surface area contributed by atoms with Gasteiger partial charge in [0.25, 0.3) is 0 Å². The second-order valence-electron chi connectivity index (χ2n) is 10.4. The van der Waals surface area contributed by atoms with E-state index >= 15 is 0 Å². The van der Waals surface area contributed by atoms with Gasteiger partial charge in [0, 0.05) is 18.5 Å². The molecule has 2 aliphatic rings. The molecule has 2 unspecified atom stereocenters. The van der Waals surface area contributed by atoms with Crippen molar-refractivity contribution in [3.05, 3.63) is 95.6 Å². The van der Waals surface area contributed by atoms with E-state index in [4.69, 9.17) is 9.47 Å². The minimum Gasteiger partial charge on any atom is -0.481 e. The minimum absolute atomic E-state index is 0.0278. The van der Waals surface area contributed by atoms with Crippen LogP contribution in [0.1, 0.15) is 48.8 Å². The van der Waals surface area contributed by atoms with Crippen LogP contribution < -0.4 is 5.32 Å². The lowest BCUT2D eigenvalue weighted by Crippen LogP contribution is -2.55. The van der Waals surface area contributed by atoms with Crippen molar-refractivity contribution in [2.75, 3.05) is 13.2 Å². The largest absolute Gasteiger partial charge is 0.481 e. The third-order valence-electron chi connectivity index (χ3n) is 7.55. The van der Waals surface area contributed by atoms with Gasteiger partial charge in [-0.25, -0.2) is 4.79 Å².